The van der Waals surface area contributed by atoms with Gasteiger partial charge in [-0.3, -0.25) is 4.79 Å². The molecule has 3 aliphatic rings. The second-order valence-electron chi connectivity index (χ2n) is 11.2. The van der Waals surface area contributed by atoms with Crippen molar-refractivity contribution in [2.45, 2.75) is 63.2 Å². The van der Waals surface area contributed by atoms with Crippen molar-refractivity contribution < 1.29 is 13.9 Å². The summed E-state index contributed by atoms with van der Waals surface area (Å²) in [4.78, 5) is 26.6. The third-order valence-electron chi connectivity index (χ3n) is 8.18. The Morgan fingerprint density at radius 1 is 1.18 bits per heavy atom. The molecule has 12 nitrogen and oxygen atoms in total. The van der Waals surface area contributed by atoms with E-state index in [0.29, 0.717) is 34.5 Å². The van der Waals surface area contributed by atoms with Gasteiger partial charge in [-0.25, -0.2) is 9.37 Å². The number of hydrogen-bond donors (Lipinski definition) is 2. The van der Waals surface area contributed by atoms with Gasteiger partial charge in [-0.1, -0.05) is 12.8 Å². The third kappa shape index (κ3) is 5.05. The molecule has 1 aromatic carbocycles. The van der Waals surface area contributed by atoms with Gasteiger partial charge in [-0.2, -0.15) is 9.67 Å². The smallest absolute Gasteiger partial charge is 0.251 e. The maximum absolute atomic E-state index is 15.9. The molecule has 13 heteroatoms. The normalized spacial score (nSPS) is 21.9. The molecule has 1 amide bonds. The molecule has 4 heterocycles. The van der Waals surface area contributed by atoms with Crippen LogP contribution in [0.15, 0.2) is 24.4 Å². The number of likely N-dealkylation sites (tertiary alicyclic amines) is 1. The number of ether oxygens (including phenoxy) is 1. The van der Waals surface area contributed by atoms with Gasteiger partial charge in [0.15, 0.2) is 17.3 Å². The number of alkyl halides is 1. The zero-order valence-corrected chi connectivity index (χ0v) is 23.1. The molecule has 1 saturated heterocycles. The number of benzene rings is 1. The molecule has 40 heavy (non-hydrogen) atoms. The number of methoxy groups -OCH3 is 1. The van der Waals surface area contributed by atoms with Crippen molar-refractivity contribution in [1.82, 2.24) is 40.4 Å². The first kappa shape index (κ1) is 26.4. The molecular formula is C27H35FN10O2. The number of amides is 1. The number of piperidine rings is 1. The fourth-order valence-corrected chi connectivity index (χ4v) is 5.92. The fraction of sp³-hybridized carbons (Fsp3) is 0.556. The number of hydrogen-bond acceptors (Lipinski definition) is 10. The van der Waals surface area contributed by atoms with E-state index in [1.54, 1.807) is 31.5 Å². The van der Waals surface area contributed by atoms with Crippen LogP contribution in [0.2, 0.25) is 0 Å². The molecule has 1 atom stereocenters. The van der Waals surface area contributed by atoms with Crippen LogP contribution >= 0.6 is 0 Å². The highest BCUT2D eigenvalue weighted by atomic mass is 19.1. The minimum atomic E-state index is -1.77. The van der Waals surface area contributed by atoms with E-state index in [1.165, 1.54) is 11.6 Å². The first-order valence-electron chi connectivity index (χ1n) is 13.9. The van der Waals surface area contributed by atoms with Crippen molar-refractivity contribution >= 4 is 23.4 Å². The largest absolute Gasteiger partial charge is 0.495 e. The molecule has 1 saturated carbocycles. The Hall–Kier alpha value is -3.87. The molecule has 0 spiro atoms. The fourth-order valence-electron chi connectivity index (χ4n) is 5.92. The summed E-state index contributed by atoms with van der Waals surface area (Å²) in [5.74, 6) is 1.39. The second kappa shape index (κ2) is 10.6. The Kier molecular flexibility index (Phi) is 6.99. The number of halogens is 1. The Morgan fingerprint density at radius 2 is 1.95 bits per heavy atom. The van der Waals surface area contributed by atoms with Gasteiger partial charge >= 0.3 is 0 Å². The summed E-state index contributed by atoms with van der Waals surface area (Å²) >= 11 is 0. The lowest BCUT2D eigenvalue weighted by Gasteiger charge is -2.32. The Labute approximate surface area is 232 Å². The summed E-state index contributed by atoms with van der Waals surface area (Å²) < 4.78 is 22.9. The third-order valence-corrected chi connectivity index (χ3v) is 8.18. The highest BCUT2D eigenvalue weighted by Gasteiger charge is 2.42. The summed E-state index contributed by atoms with van der Waals surface area (Å²) in [6.07, 6.45) is 7.59. The second-order valence-corrected chi connectivity index (χ2v) is 11.2. The summed E-state index contributed by atoms with van der Waals surface area (Å²) in [5, 5.41) is 18.1. The van der Waals surface area contributed by atoms with Crippen LogP contribution in [0.4, 0.5) is 21.8 Å². The Balaban J connectivity index is 1.27. The van der Waals surface area contributed by atoms with Gasteiger partial charge in [0, 0.05) is 17.6 Å². The van der Waals surface area contributed by atoms with E-state index < -0.39 is 5.67 Å². The zero-order chi connectivity index (χ0) is 27.9. The predicted molar refractivity (Wildman–Crippen MR) is 147 cm³/mol. The molecular weight excluding hydrogens is 515 g/mol. The van der Waals surface area contributed by atoms with E-state index in [2.05, 4.69) is 43.1 Å². The van der Waals surface area contributed by atoms with Gasteiger partial charge in [0.25, 0.3) is 5.91 Å². The topological polar surface area (TPSA) is 126 Å². The number of carbonyl (C=O) groups excluding carboxylic acids is 1. The number of fused-ring (bicyclic) bond motifs is 3. The van der Waals surface area contributed by atoms with Gasteiger partial charge in [0.05, 0.1) is 25.5 Å². The molecule has 3 aromatic rings. The molecule has 1 unspecified atom stereocenters. The molecule has 2 fully saturated rings. The Morgan fingerprint density at radius 3 is 2.70 bits per heavy atom. The maximum atomic E-state index is 15.9. The van der Waals surface area contributed by atoms with Crippen molar-refractivity contribution in [2.75, 3.05) is 44.0 Å². The summed E-state index contributed by atoms with van der Waals surface area (Å²) in [6.45, 7) is 3.53. The first-order chi connectivity index (χ1) is 19.3. The van der Waals surface area contributed by atoms with Crippen LogP contribution in [0.1, 0.15) is 61.6 Å². The standard InChI is InChI=1S/C27H35FN10O2/c1-27(28)16-37(19-6-4-5-7-19)23-21(38-25(27)33-34-35-38)15-29-26(32-23)31-20-9-8-17(14-22(20)40-3)24(39)30-18-10-12-36(2)13-11-18/h8-9,14-15,18-19H,4-7,10-13,16H2,1-3H3,(H,30,39)(H,29,31,32). The molecule has 6 rings (SSSR count). The lowest BCUT2D eigenvalue weighted by atomic mass is 10.0. The highest BCUT2D eigenvalue weighted by molar-refractivity contribution is 5.95. The monoisotopic (exact) mass is 550 g/mol. The average Bonchev–Trinajstić information content (AvgIpc) is 3.65. The van der Waals surface area contributed by atoms with Crippen LogP contribution in [-0.2, 0) is 5.67 Å². The van der Waals surface area contributed by atoms with Crippen molar-refractivity contribution in [1.29, 1.82) is 0 Å². The van der Waals surface area contributed by atoms with E-state index in [4.69, 9.17) is 9.72 Å². The predicted octanol–water partition coefficient (Wildman–Crippen LogP) is 2.98. The van der Waals surface area contributed by atoms with Crippen LogP contribution in [0, 0.1) is 0 Å². The van der Waals surface area contributed by atoms with Gasteiger partial charge in [0.2, 0.25) is 5.95 Å². The van der Waals surface area contributed by atoms with Crippen LogP contribution in [-0.4, -0.2) is 86.9 Å². The summed E-state index contributed by atoms with van der Waals surface area (Å²) in [5.41, 5.74) is -0.109. The molecule has 0 radical (unpaired) electrons. The number of tetrazole rings is 1. The number of aromatic nitrogens is 6. The van der Waals surface area contributed by atoms with Crippen molar-refractivity contribution in [2.24, 2.45) is 0 Å². The average molecular weight is 551 g/mol. The first-order valence-corrected chi connectivity index (χ1v) is 13.9. The SMILES string of the molecule is COc1cc(C(=O)NC2CCN(C)CC2)ccc1Nc1ncc2c(n1)N(C1CCCC1)CC(C)(F)c1nnnn1-2. The lowest BCUT2D eigenvalue weighted by molar-refractivity contribution is 0.0916. The molecule has 2 N–H and O–H groups in total. The van der Waals surface area contributed by atoms with E-state index in [0.717, 1.165) is 51.6 Å². The van der Waals surface area contributed by atoms with Gasteiger partial charge in [-0.15, -0.1) is 5.10 Å². The van der Waals surface area contributed by atoms with Crippen molar-refractivity contribution in [3.05, 3.63) is 35.8 Å². The maximum Gasteiger partial charge on any atom is 0.251 e. The highest BCUT2D eigenvalue weighted by Crippen LogP contribution is 2.39. The van der Waals surface area contributed by atoms with Crippen LogP contribution in [0.25, 0.3) is 5.69 Å². The number of nitrogens with one attached hydrogen (secondary N) is 2. The minimum absolute atomic E-state index is 0.0892. The summed E-state index contributed by atoms with van der Waals surface area (Å²) in [6, 6.07) is 5.57. The summed E-state index contributed by atoms with van der Waals surface area (Å²) in [7, 11) is 3.65. The van der Waals surface area contributed by atoms with Gasteiger partial charge in [0.1, 0.15) is 11.4 Å². The number of carbonyl (C=O) groups is 1. The number of nitrogens with zero attached hydrogens (tertiary/aromatic N) is 8. The van der Waals surface area contributed by atoms with E-state index in [9.17, 15) is 4.79 Å². The van der Waals surface area contributed by atoms with Crippen molar-refractivity contribution in [3.8, 4) is 11.4 Å². The van der Waals surface area contributed by atoms with Crippen LogP contribution < -0.4 is 20.3 Å². The minimum Gasteiger partial charge on any atom is -0.495 e. The van der Waals surface area contributed by atoms with E-state index in [-0.39, 0.29) is 30.4 Å². The lowest BCUT2D eigenvalue weighted by Crippen LogP contribution is -2.43. The zero-order valence-electron chi connectivity index (χ0n) is 23.1. The van der Waals surface area contributed by atoms with E-state index in [1.807, 2.05) is 4.90 Å². The molecule has 2 aliphatic heterocycles. The molecule has 212 valence electrons. The number of anilines is 3. The van der Waals surface area contributed by atoms with Crippen LogP contribution in [0.5, 0.6) is 5.75 Å². The van der Waals surface area contributed by atoms with E-state index >= 15 is 4.39 Å². The number of rotatable bonds is 6. The van der Waals surface area contributed by atoms with Gasteiger partial charge < -0.3 is 25.2 Å². The van der Waals surface area contributed by atoms with Crippen LogP contribution in [0.3, 0.4) is 0 Å². The molecule has 0 bridgehead atoms. The van der Waals surface area contributed by atoms with Gasteiger partial charge in [-0.05, 0) is 81.4 Å². The molecule has 2 aromatic heterocycles. The Bertz CT molecular complexity index is 1380. The van der Waals surface area contributed by atoms with Crippen molar-refractivity contribution in [3.63, 3.8) is 0 Å². The quantitative estimate of drug-likeness (QED) is 0.473. The molecule has 1 aliphatic carbocycles.